The molecule has 2 fully saturated rings. The summed E-state index contributed by atoms with van der Waals surface area (Å²) in [5.74, 6) is 1.37. The second kappa shape index (κ2) is 6.79. The maximum atomic E-state index is 9.98. The van der Waals surface area contributed by atoms with E-state index in [9.17, 15) is 5.11 Å². The van der Waals surface area contributed by atoms with Crippen LogP contribution in [0.15, 0.2) is 48.5 Å². The van der Waals surface area contributed by atoms with E-state index < -0.39 is 0 Å². The first-order valence-corrected chi connectivity index (χ1v) is 9.53. The van der Waals surface area contributed by atoms with Gasteiger partial charge in [0, 0.05) is 23.6 Å². The molecule has 2 aromatic carbocycles. The van der Waals surface area contributed by atoms with Crippen LogP contribution in [0.2, 0.25) is 0 Å². The van der Waals surface area contributed by atoms with Gasteiger partial charge in [0.25, 0.3) is 0 Å². The lowest BCUT2D eigenvalue weighted by Gasteiger charge is -2.51. The number of ether oxygens (including phenoxy) is 1. The van der Waals surface area contributed by atoms with Crippen LogP contribution in [0.25, 0.3) is 0 Å². The Morgan fingerprint density at radius 1 is 1.12 bits per heavy atom. The van der Waals surface area contributed by atoms with Gasteiger partial charge in [-0.1, -0.05) is 30.3 Å². The maximum absolute atomic E-state index is 9.98. The number of aromatic hydroxyl groups is 1. The molecule has 1 spiro atoms. The van der Waals surface area contributed by atoms with Gasteiger partial charge >= 0.3 is 0 Å². The predicted molar refractivity (Wildman–Crippen MR) is 105 cm³/mol. The smallest absolute Gasteiger partial charge is 0.123 e. The number of halogens is 1. The summed E-state index contributed by atoms with van der Waals surface area (Å²) in [6, 6.07) is 17.1. The molecule has 0 amide bonds. The van der Waals surface area contributed by atoms with Gasteiger partial charge in [-0.25, -0.2) is 0 Å². The molecule has 4 heteroatoms. The minimum absolute atomic E-state index is 0. The van der Waals surface area contributed by atoms with E-state index in [0.29, 0.717) is 17.9 Å². The average Bonchev–Trinajstić information content (AvgIpc) is 2.94. The van der Waals surface area contributed by atoms with Crippen LogP contribution < -0.4 is 4.74 Å². The Hall–Kier alpha value is -1.71. The molecular formula is C22H26ClNO2. The Bertz CT molecular complexity index is 781. The SMILES string of the molecule is Cl.Oc1ccc2c(c1)[C@@]13CCN(CCc4ccccc4)[C@H](CC[C@H]1O2)C3. The van der Waals surface area contributed by atoms with Gasteiger partial charge in [0.2, 0.25) is 0 Å². The van der Waals surface area contributed by atoms with Crippen molar-refractivity contribution < 1.29 is 9.84 Å². The van der Waals surface area contributed by atoms with E-state index in [4.69, 9.17) is 4.74 Å². The molecule has 0 aromatic heterocycles. The highest BCUT2D eigenvalue weighted by molar-refractivity contribution is 5.85. The minimum atomic E-state index is 0. The molecule has 1 saturated heterocycles. The fourth-order valence-electron chi connectivity index (χ4n) is 5.34. The lowest BCUT2D eigenvalue weighted by atomic mass is 9.62. The lowest BCUT2D eigenvalue weighted by molar-refractivity contribution is -0.00580. The standard InChI is InChI=1S/C22H25NO2.ClH/c24-18-7-8-20-19(14-18)22-11-13-23(12-10-16-4-2-1-3-5-16)17(15-22)6-9-21(22)25-20;/h1-5,7-8,14,17,21,24H,6,9-13,15H2;1H/t17-,21-,22+;/m1./s1. The molecule has 0 unspecified atom stereocenters. The number of fused-ring (bicyclic) bond motifs is 2. The zero-order valence-corrected chi connectivity index (χ0v) is 15.8. The molecule has 2 aliphatic heterocycles. The summed E-state index contributed by atoms with van der Waals surface area (Å²) in [5, 5.41) is 9.98. The first-order chi connectivity index (χ1) is 12.2. The Balaban J connectivity index is 0.00000168. The Labute approximate surface area is 161 Å². The quantitative estimate of drug-likeness (QED) is 0.872. The van der Waals surface area contributed by atoms with E-state index in [-0.39, 0.29) is 17.8 Å². The van der Waals surface area contributed by atoms with Crippen LogP contribution >= 0.6 is 12.4 Å². The molecule has 0 radical (unpaired) electrons. The number of piperidine rings is 1. The zero-order chi connectivity index (χ0) is 16.9. The largest absolute Gasteiger partial charge is 0.508 e. The van der Waals surface area contributed by atoms with E-state index in [2.05, 4.69) is 35.2 Å². The highest BCUT2D eigenvalue weighted by atomic mass is 35.5. The van der Waals surface area contributed by atoms with Gasteiger partial charge in [-0.3, -0.25) is 4.90 Å². The van der Waals surface area contributed by atoms with Gasteiger partial charge in [-0.15, -0.1) is 12.4 Å². The van der Waals surface area contributed by atoms with Crippen LogP contribution in [0.3, 0.4) is 0 Å². The van der Waals surface area contributed by atoms with Crippen LogP contribution in [-0.4, -0.2) is 35.2 Å². The van der Waals surface area contributed by atoms with Crippen molar-refractivity contribution in [1.82, 2.24) is 4.90 Å². The summed E-state index contributed by atoms with van der Waals surface area (Å²) >= 11 is 0. The number of rotatable bonds is 3. The first kappa shape index (κ1) is 17.7. The lowest BCUT2D eigenvalue weighted by Crippen LogP contribution is -2.57. The van der Waals surface area contributed by atoms with Crippen LogP contribution in [0.4, 0.5) is 0 Å². The average molecular weight is 372 g/mol. The third-order valence-electron chi connectivity index (χ3n) is 6.64. The summed E-state index contributed by atoms with van der Waals surface area (Å²) in [4.78, 5) is 2.69. The topological polar surface area (TPSA) is 32.7 Å². The third kappa shape index (κ3) is 2.78. The molecule has 3 nitrogen and oxygen atoms in total. The van der Waals surface area contributed by atoms with Gasteiger partial charge in [-0.05, 0) is 62.4 Å². The summed E-state index contributed by atoms with van der Waals surface area (Å²) in [7, 11) is 0. The highest BCUT2D eigenvalue weighted by Crippen LogP contribution is 2.55. The molecule has 1 aliphatic carbocycles. The van der Waals surface area contributed by atoms with Gasteiger partial charge in [-0.2, -0.15) is 0 Å². The third-order valence-corrected chi connectivity index (χ3v) is 6.64. The second-order valence-corrected chi connectivity index (χ2v) is 7.90. The Kier molecular flexibility index (Phi) is 4.62. The van der Waals surface area contributed by atoms with Gasteiger partial charge < -0.3 is 9.84 Å². The molecule has 2 heterocycles. The van der Waals surface area contributed by atoms with E-state index in [1.807, 2.05) is 12.1 Å². The number of hydrogen-bond donors (Lipinski definition) is 1. The van der Waals surface area contributed by atoms with E-state index in [0.717, 1.165) is 38.1 Å². The van der Waals surface area contributed by atoms with Crippen molar-refractivity contribution >= 4 is 12.4 Å². The van der Waals surface area contributed by atoms with Crippen molar-refractivity contribution in [1.29, 1.82) is 0 Å². The van der Waals surface area contributed by atoms with Crippen molar-refractivity contribution in [3.63, 3.8) is 0 Å². The molecule has 2 aromatic rings. The van der Waals surface area contributed by atoms with Crippen molar-refractivity contribution in [3.05, 3.63) is 59.7 Å². The predicted octanol–water partition coefficient (Wildman–Crippen LogP) is 4.31. The number of benzene rings is 2. The monoisotopic (exact) mass is 371 g/mol. The minimum Gasteiger partial charge on any atom is -0.508 e. The molecule has 5 rings (SSSR count). The molecule has 1 saturated carbocycles. The van der Waals surface area contributed by atoms with Gasteiger partial charge in [0.15, 0.2) is 0 Å². The number of nitrogens with zero attached hydrogens (tertiary/aromatic N) is 1. The molecule has 26 heavy (non-hydrogen) atoms. The molecular weight excluding hydrogens is 346 g/mol. The van der Waals surface area contributed by atoms with Crippen molar-refractivity contribution in [2.45, 2.75) is 49.7 Å². The maximum Gasteiger partial charge on any atom is 0.123 e. The fraction of sp³-hybridized carbons (Fsp3) is 0.455. The van der Waals surface area contributed by atoms with E-state index >= 15 is 0 Å². The number of hydrogen-bond acceptors (Lipinski definition) is 3. The van der Waals surface area contributed by atoms with Gasteiger partial charge in [0.05, 0.1) is 0 Å². The normalized spacial score (nSPS) is 29.2. The molecule has 2 bridgehead atoms. The molecule has 3 atom stereocenters. The van der Waals surface area contributed by atoms with Crippen LogP contribution in [0.1, 0.15) is 36.8 Å². The number of phenols is 1. The second-order valence-electron chi connectivity index (χ2n) is 7.90. The van der Waals surface area contributed by atoms with E-state index in [1.54, 1.807) is 6.07 Å². The number of phenolic OH excluding ortho intramolecular Hbond substituents is 1. The van der Waals surface area contributed by atoms with Crippen LogP contribution in [0.5, 0.6) is 11.5 Å². The summed E-state index contributed by atoms with van der Waals surface area (Å²) in [6.07, 6.45) is 6.09. The van der Waals surface area contributed by atoms with E-state index in [1.165, 1.54) is 24.0 Å². The van der Waals surface area contributed by atoms with Crippen molar-refractivity contribution in [3.8, 4) is 11.5 Å². The molecule has 1 N–H and O–H groups in total. The van der Waals surface area contributed by atoms with Crippen LogP contribution in [-0.2, 0) is 11.8 Å². The zero-order valence-electron chi connectivity index (χ0n) is 14.9. The fourth-order valence-corrected chi connectivity index (χ4v) is 5.34. The van der Waals surface area contributed by atoms with Crippen LogP contribution in [0, 0.1) is 0 Å². The highest BCUT2D eigenvalue weighted by Gasteiger charge is 2.55. The van der Waals surface area contributed by atoms with Crippen molar-refractivity contribution in [2.24, 2.45) is 0 Å². The van der Waals surface area contributed by atoms with Crippen molar-refractivity contribution in [2.75, 3.05) is 13.1 Å². The Morgan fingerprint density at radius 2 is 1.96 bits per heavy atom. The molecule has 138 valence electrons. The first-order valence-electron chi connectivity index (χ1n) is 9.53. The Morgan fingerprint density at radius 3 is 2.81 bits per heavy atom. The summed E-state index contributed by atoms with van der Waals surface area (Å²) in [6.45, 7) is 2.27. The molecule has 3 aliphatic rings. The summed E-state index contributed by atoms with van der Waals surface area (Å²) in [5.41, 5.74) is 2.81. The number of likely N-dealkylation sites (tertiary alicyclic amines) is 1. The van der Waals surface area contributed by atoms with Gasteiger partial charge in [0.1, 0.15) is 17.6 Å². The summed E-state index contributed by atoms with van der Waals surface area (Å²) < 4.78 is 6.28.